The van der Waals surface area contributed by atoms with Gasteiger partial charge in [0.05, 0.1) is 18.2 Å². The molecule has 0 radical (unpaired) electrons. The Labute approximate surface area is 84.1 Å². The minimum Gasteiger partial charge on any atom is -0.368 e. The summed E-state index contributed by atoms with van der Waals surface area (Å²) in [7, 11) is 0. The highest BCUT2D eigenvalue weighted by Crippen LogP contribution is 2.56. The number of ether oxygens (including phenoxy) is 1. The Morgan fingerprint density at radius 2 is 2.14 bits per heavy atom. The molecule has 0 bridgehead atoms. The number of fused-ring (bicyclic) bond motifs is 1. The summed E-state index contributed by atoms with van der Waals surface area (Å²) in [5, 5.41) is 0. The number of benzene rings is 1. The van der Waals surface area contributed by atoms with Crippen molar-refractivity contribution >= 4 is 0 Å². The number of hydrogen-bond acceptors (Lipinski definition) is 2. The van der Waals surface area contributed by atoms with Gasteiger partial charge in [-0.15, -0.1) is 0 Å². The average Bonchev–Trinajstić information content (AvgIpc) is 2.86. The van der Waals surface area contributed by atoms with Crippen molar-refractivity contribution in [3.05, 3.63) is 35.4 Å². The summed E-state index contributed by atoms with van der Waals surface area (Å²) >= 11 is 0. The van der Waals surface area contributed by atoms with Crippen molar-refractivity contribution < 1.29 is 4.74 Å². The normalized spacial score (nSPS) is 39.6. The molecule has 0 amide bonds. The third-order valence-corrected chi connectivity index (χ3v) is 3.71. The summed E-state index contributed by atoms with van der Waals surface area (Å²) in [6.07, 6.45) is 1.11. The van der Waals surface area contributed by atoms with Crippen LogP contribution in [0.2, 0.25) is 0 Å². The zero-order valence-corrected chi connectivity index (χ0v) is 8.36. The van der Waals surface area contributed by atoms with E-state index < -0.39 is 0 Å². The van der Waals surface area contributed by atoms with Crippen LogP contribution in [0, 0.1) is 5.92 Å². The first-order valence-corrected chi connectivity index (χ1v) is 5.21. The van der Waals surface area contributed by atoms with Crippen molar-refractivity contribution in [2.75, 3.05) is 0 Å². The van der Waals surface area contributed by atoms with E-state index in [0.717, 1.165) is 13.0 Å². The van der Waals surface area contributed by atoms with E-state index in [1.807, 2.05) is 6.07 Å². The van der Waals surface area contributed by atoms with Crippen molar-refractivity contribution in [1.82, 2.24) is 0 Å². The van der Waals surface area contributed by atoms with E-state index in [1.165, 1.54) is 11.1 Å². The number of nitrogens with two attached hydrogens (primary N) is 1. The highest BCUT2D eigenvalue weighted by Gasteiger charge is 2.59. The summed E-state index contributed by atoms with van der Waals surface area (Å²) < 4.78 is 5.90. The van der Waals surface area contributed by atoms with Crippen LogP contribution in [0.1, 0.15) is 30.5 Å². The van der Waals surface area contributed by atoms with Crippen LogP contribution in [0.4, 0.5) is 0 Å². The van der Waals surface area contributed by atoms with Crippen LogP contribution >= 0.6 is 0 Å². The van der Waals surface area contributed by atoms with Gasteiger partial charge in [-0.25, -0.2) is 0 Å². The standard InChI is InChI=1S/C12H15NO/c1-8-6-12(8)11(13)10-5-3-2-4-9(10)7-14-12/h2-5,8,11H,6-7,13H2,1H3/t8?,11-,12?/m1/s1. The Kier molecular flexibility index (Phi) is 1.56. The Morgan fingerprint density at radius 1 is 1.43 bits per heavy atom. The molecule has 1 aliphatic heterocycles. The van der Waals surface area contributed by atoms with Gasteiger partial charge < -0.3 is 10.5 Å². The van der Waals surface area contributed by atoms with Gasteiger partial charge in [0, 0.05) is 0 Å². The molecule has 1 aromatic carbocycles. The van der Waals surface area contributed by atoms with Crippen molar-refractivity contribution in [2.24, 2.45) is 11.7 Å². The van der Waals surface area contributed by atoms with Gasteiger partial charge in [0.2, 0.25) is 0 Å². The average molecular weight is 189 g/mol. The largest absolute Gasteiger partial charge is 0.368 e. The lowest BCUT2D eigenvalue weighted by Crippen LogP contribution is -2.36. The van der Waals surface area contributed by atoms with Crippen molar-refractivity contribution in [3.63, 3.8) is 0 Å². The monoisotopic (exact) mass is 189 g/mol. The zero-order chi connectivity index (χ0) is 9.76. The SMILES string of the molecule is CC1CC12OCc1ccccc1[C@H]2N. The predicted molar refractivity (Wildman–Crippen MR) is 54.7 cm³/mol. The van der Waals surface area contributed by atoms with Gasteiger partial charge in [-0.05, 0) is 23.5 Å². The molecule has 1 aromatic rings. The van der Waals surface area contributed by atoms with Crippen molar-refractivity contribution in [1.29, 1.82) is 0 Å². The molecule has 1 spiro atoms. The molecule has 1 aliphatic carbocycles. The lowest BCUT2D eigenvalue weighted by Gasteiger charge is -2.32. The van der Waals surface area contributed by atoms with Crippen LogP contribution in [0.25, 0.3) is 0 Å². The summed E-state index contributed by atoms with van der Waals surface area (Å²) in [6, 6.07) is 8.42. The quantitative estimate of drug-likeness (QED) is 0.677. The summed E-state index contributed by atoms with van der Waals surface area (Å²) in [4.78, 5) is 0. The van der Waals surface area contributed by atoms with Crippen LogP contribution in [-0.4, -0.2) is 5.60 Å². The van der Waals surface area contributed by atoms with Crippen molar-refractivity contribution in [3.8, 4) is 0 Å². The third kappa shape index (κ3) is 0.928. The molecule has 2 heteroatoms. The Balaban J connectivity index is 2.04. The Morgan fingerprint density at radius 3 is 2.86 bits per heavy atom. The fraction of sp³-hybridized carbons (Fsp3) is 0.500. The lowest BCUT2D eigenvalue weighted by atomic mass is 9.92. The second-order valence-corrected chi connectivity index (χ2v) is 4.53. The van der Waals surface area contributed by atoms with E-state index in [9.17, 15) is 0 Å². The van der Waals surface area contributed by atoms with E-state index in [1.54, 1.807) is 0 Å². The maximum Gasteiger partial charge on any atom is 0.0908 e. The fourth-order valence-electron chi connectivity index (χ4n) is 2.59. The molecule has 2 unspecified atom stereocenters. The molecule has 2 aliphatic rings. The summed E-state index contributed by atoms with van der Waals surface area (Å²) in [5.74, 6) is 0.617. The fourth-order valence-corrected chi connectivity index (χ4v) is 2.59. The molecule has 3 rings (SSSR count). The molecule has 14 heavy (non-hydrogen) atoms. The first-order chi connectivity index (χ1) is 6.74. The van der Waals surface area contributed by atoms with Gasteiger partial charge >= 0.3 is 0 Å². The number of hydrogen-bond donors (Lipinski definition) is 1. The predicted octanol–water partition coefficient (Wildman–Crippen LogP) is 2.00. The van der Waals surface area contributed by atoms with Gasteiger partial charge in [0.1, 0.15) is 0 Å². The molecule has 2 N–H and O–H groups in total. The van der Waals surface area contributed by atoms with Crippen LogP contribution in [0.5, 0.6) is 0 Å². The topological polar surface area (TPSA) is 35.2 Å². The van der Waals surface area contributed by atoms with E-state index in [0.29, 0.717) is 5.92 Å². The van der Waals surface area contributed by atoms with E-state index in [2.05, 4.69) is 25.1 Å². The molecule has 1 saturated carbocycles. The highest BCUT2D eigenvalue weighted by molar-refractivity contribution is 5.36. The molecular formula is C12H15NO. The Bertz CT molecular complexity index is 376. The van der Waals surface area contributed by atoms with Gasteiger partial charge in [-0.3, -0.25) is 0 Å². The molecule has 0 saturated heterocycles. The van der Waals surface area contributed by atoms with E-state index in [4.69, 9.17) is 10.5 Å². The molecular weight excluding hydrogens is 174 g/mol. The third-order valence-electron chi connectivity index (χ3n) is 3.71. The molecule has 74 valence electrons. The molecule has 3 atom stereocenters. The summed E-state index contributed by atoms with van der Waals surface area (Å²) in [5.41, 5.74) is 8.75. The highest BCUT2D eigenvalue weighted by atomic mass is 16.5. The van der Waals surface area contributed by atoms with Gasteiger partial charge in [-0.2, -0.15) is 0 Å². The maximum atomic E-state index is 6.25. The zero-order valence-electron chi connectivity index (χ0n) is 8.36. The van der Waals surface area contributed by atoms with Crippen LogP contribution in [0.15, 0.2) is 24.3 Å². The lowest BCUT2D eigenvalue weighted by molar-refractivity contribution is -0.0222. The van der Waals surface area contributed by atoms with Gasteiger partial charge in [-0.1, -0.05) is 31.2 Å². The second-order valence-electron chi connectivity index (χ2n) is 4.53. The second kappa shape index (κ2) is 2.59. The maximum absolute atomic E-state index is 6.25. The van der Waals surface area contributed by atoms with Crippen LogP contribution in [0.3, 0.4) is 0 Å². The van der Waals surface area contributed by atoms with Crippen LogP contribution in [-0.2, 0) is 11.3 Å². The van der Waals surface area contributed by atoms with Crippen LogP contribution < -0.4 is 5.73 Å². The molecule has 0 aromatic heterocycles. The summed E-state index contributed by atoms with van der Waals surface area (Å²) in [6.45, 7) is 2.95. The van der Waals surface area contributed by atoms with Gasteiger partial charge in [0.25, 0.3) is 0 Å². The van der Waals surface area contributed by atoms with E-state index in [-0.39, 0.29) is 11.6 Å². The molecule has 1 heterocycles. The first-order valence-electron chi connectivity index (χ1n) is 5.21. The Hall–Kier alpha value is -0.860. The van der Waals surface area contributed by atoms with E-state index >= 15 is 0 Å². The first kappa shape index (κ1) is 8.45. The smallest absolute Gasteiger partial charge is 0.0908 e. The minimum absolute atomic E-state index is 0.0334. The van der Waals surface area contributed by atoms with Crippen molar-refractivity contribution in [2.45, 2.75) is 31.6 Å². The molecule has 2 nitrogen and oxygen atoms in total. The number of rotatable bonds is 0. The molecule has 1 fully saturated rings. The minimum atomic E-state index is -0.0334. The van der Waals surface area contributed by atoms with Gasteiger partial charge in [0.15, 0.2) is 0 Å².